The van der Waals surface area contributed by atoms with E-state index in [1.54, 1.807) is 0 Å². The molecule has 0 aromatic heterocycles. The standard InChI is InChI=1S/C13H14F6N2O.2ClH/c14-9-7-8(1-2-10(9)22-13(17,18)19)11(12(15)16)21-5-3-20-4-6-21;;/h1-2,7,11-12,20H,3-6H2;2*1H/t11-;;/m1../s1. The maximum absolute atomic E-state index is 13.7. The molecule has 1 aliphatic heterocycles. The molecule has 0 spiro atoms. The summed E-state index contributed by atoms with van der Waals surface area (Å²) in [6.45, 7) is 1.72. The first-order valence-corrected chi connectivity index (χ1v) is 6.56. The Morgan fingerprint density at radius 3 is 2.12 bits per heavy atom. The van der Waals surface area contributed by atoms with E-state index in [1.165, 1.54) is 4.90 Å². The summed E-state index contributed by atoms with van der Waals surface area (Å²) in [4.78, 5) is 1.47. The first-order chi connectivity index (χ1) is 10.3. The van der Waals surface area contributed by atoms with Crippen LogP contribution < -0.4 is 10.1 Å². The third kappa shape index (κ3) is 6.19. The van der Waals surface area contributed by atoms with Gasteiger partial charge in [0.2, 0.25) is 0 Å². The summed E-state index contributed by atoms with van der Waals surface area (Å²) in [5.41, 5.74) is -0.0797. The van der Waals surface area contributed by atoms with Gasteiger partial charge in [0.05, 0.1) is 6.04 Å². The molecule has 0 radical (unpaired) electrons. The smallest absolute Gasteiger partial charge is 0.403 e. The number of piperazine rings is 1. The van der Waals surface area contributed by atoms with Crippen molar-refractivity contribution < 1.29 is 31.1 Å². The number of nitrogens with one attached hydrogen (secondary N) is 1. The number of rotatable bonds is 4. The number of hydrogen-bond acceptors (Lipinski definition) is 3. The Hall–Kier alpha value is -0.900. The largest absolute Gasteiger partial charge is 0.573 e. The van der Waals surface area contributed by atoms with Gasteiger partial charge in [0.15, 0.2) is 11.6 Å². The molecule has 1 N–H and O–H groups in total. The summed E-state index contributed by atoms with van der Waals surface area (Å²) >= 11 is 0. The highest BCUT2D eigenvalue weighted by molar-refractivity contribution is 5.85. The molecule has 24 heavy (non-hydrogen) atoms. The van der Waals surface area contributed by atoms with Gasteiger partial charge in [-0.3, -0.25) is 4.90 Å². The van der Waals surface area contributed by atoms with E-state index in [2.05, 4.69) is 10.1 Å². The summed E-state index contributed by atoms with van der Waals surface area (Å²) in [7, 11) is 0. The summed E-state index contributed by atoms with van der Waals surface area (Å²) < 4.78 is 79.9. The van der Waals surface area contributed by atoms with Crippen LogP contribution in [-0.4, -0.2) is 43.9 Å². The van der Waals surface area contributed by atoms with Gasteiger partial charge in [0.25, 0.3) is 6.43 Å². The molecule has 1 aliphatic rings. The van der Waals surface area contributed by atoms with Gasteiger partial charge in [-0.2, -0.15) is 0 Å². The highest BCUT2D eigenvalue weighted by Crippen LogP contribution is 2.32. The summed E-state index contributed by atoms with van der Waals surface area (Å²) in [5.74, 6) is -2.36. The number of hydrogen-bond donors (Lipinski definition) is 1. The Kier molecular flexibility index (Phi) is 9.19. The molecule has 1 heterocycles. The van der Waals surface area contributed by atoms with E-state index in [4.69, 9.17) is 0 Å². The number of alkyl halides is 5. The lowest BCUT2D eigenvalue weighted by atomic mass is 10.0. The van der Waals surface area contributed by atoms with Crippen LogP contribution >= 0.6 is 24.8 Å². The molecule has 2 rings (SSSR count). The van der Waals surface area contributed by atoms with E-state index < -0.39 is 30.4 Å². The highest BCUT2D eigenvalue weighted by atomic mass is 35.5. The van der Waals surface area contributed by atoms with Crippen LogP contribution in [-0.2, 0) is 0 Å². The van der Waals surface area contributed by atoms with Crippen molar-refractivity contribution in [3.8, 4) is 5.75 Å². The minimum atomic E-state index is -5.04. The van der Waals surface area contributed by atoms with Crippen molar-refractivity contribution in [1.82, 2.24) is 10.2 Å². The molecule has 11 heteroatoms. The predicted molar refractivity (Wildman–Crippen MR) is 80.8 cm³/mol. The summed E-state index contributed by atoms with van der Waals surface area (Å²) in [5, 5.41) is 3.00. The molecule has 1 aromatic rings. The summed E-state index contributed by atoms with van der Waals surface area (Å²) in [6.07, 6.45) is -7.82. The number of nitrogens with zero attached hydrogens (tertiary/aromatic N) is 1. The zero-order valence-corrected chi connectivity index (χ0v) is 13.8. The van der Waals surface area contributed by atoms with Crippen LogP contribution in [0.15, 0.2) is 18.2 Å². The second-order valence-electron chi connectivity index (χ2n) is 4.80. The van der Waals surface area contributed by atoms with E-state index in [1.807, 2.05) is 0 Å². The van der Waals surface area contributed by atoms with Crippen LogP contribution in [0.25, 0.3) is 0 Å². The number of halogens is 8. The first kappa shape index (κ1) is 23.1. The van der Waals surface area contributed by atoms with Gasteiger partial charge >= 0.3 is 6.36 Å². The average molecular weight is 401 g/mol. The lowest BCUT2D eigenvalue weighted by Crippen LogP contribution is -2.46. The topological polar surface area (TPSA) is 24.5 Å². The van der Waals surface area contributed by atoms with E-state index in [-0.39, 0.29) is 30.4 Å². The Balaban J connectivity index is 0.00000264. The van der Waals surface area contributed by atoms with Crippen molar-refractivity contribution >= 4 is 24.8 Å². The molecule has 1 aromatic carbocycles. The number of benzene rings is 1. The third-order valence-corrected chi connectivity index (χ3v) is 3.31. The van der Waals surface area contributed by atoms with Crippen LogP contribution in [0.3, 0.4) is 0 Å². The molecule has 1 fully saturated rings. The highest BCUT2D eigenvalue weighted by Gasteiger charge is 2.34. The van der Waals surface area contributed by atoms with Crippen molar-refractivity contribution in [1.29, 1.82) is 0 Å². The van der Waals surface area contributed by atoms with Gasteiger partial charge in [0, 0.05) is 26.2 Å². The second-order valence-corrected chi connectivity index (χ2v) is 4.80. The molecular weight excluding hydrogens is 385 g/mol. The Bertz CT molecular complexity index is 512. The molecule has 0 bridgehead atoms. The molecule has 0 unspecified atom stereocenters. The van der Waals surface area contributed by atoms with Crippen LogP contribution in [0.2, 0.25) is 0 Å². The fraction of sp³-hybridized carbons (Fsp3) is 0.538. The third-order valence-electron chi connectivity index (χ3n) is 3.31. The molecule has 3 nitrogen and oxygen atoms in total. The van der Waals surface area contributed by atoms with Gasteiger partial charge in [0.1, 0.15) is 0 Å². The van der Waals surface area contributed by atoms with Crippen molar-refractivity contribution in [2.24, 2.45) is 0 Å². The van der Waals surface area contributed by atoms with Gasteiger partial charge in [-0.05, 0) is 17.7 Å². The fourth-order valence-electron chi connectivity index (χ4n) is 2.38. The molecule has 1 saturated heterocycles. The normalized spacial score (nSPS) is 17.0. The zero-order valence-electron chi connectivity index (χ0n) is 12.2. The van der Waals surface area contributed by atoms with E-state index >= 15 is 0 Å². The van der Waals surface area contributed by atoms with Crippen LogP contribution in [0.5, 0.6) is 5.75 Å². The Morgan fingerprint density at radius 1 is 1.08 bits per heavy atom. The molecule has 0 saturated carbocycles. The predicted octanol–water partition coefficient (Wildman–Crippen LogP) is 3.78. The van der Waals surface area contributed by atoms with E-state index in [0.29, 0.717) is 32.2 Å². The SMILES string of the molecule is Cl.Cl.Fc1cc([C@H](C(F)F)N2CCNCC2)ccc1OC(F)(F)F. The molecule has 140 valence electrons. The molecule has 0 aliphatic carbocycles. The van der Waals surface area contributed by atoms with E-state index in [0.717, 1.165) is 12.1 Å². The maximum Gasteiger partial charge on any atom is 0.573 e. The average Bonchev–Trinajstić information content (AvgIpc) is 2.41. The lowest BCUT2D eigenvalue weighted by molar-refractivity contribution is -0.275. The number of ether oxygens (including phenoxy) is 1. The fourth-order valence-corrected chi connectivity index (χ4v) is 2.38. The summed E-state index contributed by atoms with van der Waals surface area (Å²) in [6, 6.07) is 1.05. The van der Waals surface area contributed by atoms with Gasteiger partial charge in [-0.15, -0.1) is 38.0 Å². The second kappa shape index (κ2) is 9.55. The van der Waals surface area contributed by atoms with Crippen molar-refractivity contribution in [3.05, 3.63) is 29.6 Å². The minimum absolute atomic E-state index is 0. The van der Waals surface area contributed by atoms with Gasteiger partial charge in [-0.1, -0.05) is 6.07 Å². The lowest BCUT2D eigenvalue weighted by Gasteiger charge is -2.34. The monoisotopic (exact) mass is 400 g/mol. The van der Waals surface area contributed by atoms with Crippen LogP contribution in [0.4, 0.5) is 26.3 Å². The zero-order chi connectivity index (χ0) is 16.3. The minimum Gasteiger partial charge on any atom is -0.403 e. The Labute approximate surface area is 147 Å². The van der Waals surface area contributed by atoms with Crippen LogP contribution in [0, 0.1) is 5.82 Å². The van der Waals surface area contributed by atoms with E-state index in [9.17, 15) is 26.3 Å². The first-order valence-electron chi connectivity index (χ1n) is 6.56. The van der Waals surface area contributed by atoms with Crippen molar-refractivity contribution in [2.45, 2.75) is 18.8 Å². The molecular formula is C13H16Cl2F6N2O. The quantitative estimate of drug-likeness (QED) is 0.778. The van der Waals surface area contributed by atoms with Crippen molar-refractivity contribution in [3.63, 3.8) is 0 Å². The van der Waals surface area contributed by atoms with Crippen molar-refractivity contribution in [2.75, 3.05) is 26.2 Å². The van der Waals surface area contributed by atoms with Crippen LogP contribution in [0.1, 0.15) is 11.6 Å². The van der Waals surface area contributed by atoms with Gasteiger partial charge < -0.3 is 10.1 Å². The molecule has 1 atom stereocenters. The molecule has 0 amide bonds. The maximum atomic E-state index is 13.7. The van der Waals surface area contributed by atoms with Gasteiger partial charge in [-0.25, -0.2) is 13.2 Å². The Morgan fingerprint density at radius 2 is 1.67 bits per heavy atom.